The third-order valence-corrected chi connectivity index (χ3v) is 2.52. The fourth-order valence-electron chi connectivity index (χ4n) is 1.41. The second-order valence-corrected chi connectivity index (χ2v) is 3.71. The third kappa shape index (κ3) is 3.76. The molecular weight excluding hydrogens is 227 g/mol. The summed E-state index contributed by atoms with van der Waals surface area (Å²) < 4.78 is 13.3. The van der Waals surface area contributed by atoms with Gasteiger partial charge in [0, 0.05) is 18.7 Å². The molecule has 0 heterocycles. The van der Waals surface area contributed by atoms with Gasteiger partial charge in [0.1, 0.15) is 0 Å². The van der Waals surface area contributed by atoms with Crippen LogP contribution in [0.5, 0.6) is 0 Å². The maximum atomic E-state index is 13.3. The Balaban J connectivity index is 2.67. The highest BCUT2D eigenvalue weighted by Crippen LogP contribution is 2.17. The number of hydrogen-bond acceptors (Lipinski definition) is 4. The summed E-state index contributed by atoms with van der Waals surface area (Å²) >= 11 is 0. The first-order valence-corrected chi connectivity index (χ1v) is 5.35. The number of aliphatic hydroxyl groups is 1. The highest BCUT2D eigenvalue weighted by molar-refractivity contribution is 5.34. The lowest BCUT2D eigenvalue weighted by atomic mass is 10.1. The molecule has 1 aromatic rings. The summed E-state index contributed by atoms with van der Waals surface area (Å²) in [7, 11) is 0. The molecule has 0 fully saturated rings. The Hall–Kier alpha value is -1.53. The molecule has 1 aromatic carbocycles. The van der Waals surface area contributed by atoms with Crippen LogP contribution in [0.25, 0.3) is 0 Å². The number of nitrogens with zero attached hydrogens (tertiary/aromatic N) is 1. The number of nitro benzene ring substituents is 1. The van der Waals surface area contributed by atoms with Gasteiger partial charge >= 0.3 is 5.69 Å². The number of rotatable bonds is 6. The van der Waals surface area contributed by atoms with E-state index in [-0.39, 0.29) is 12.6 Å². The normalized spacial score (nSPS) is 12.4. The van der Waals surface area contributed by atoms with Crippen molar-refractivity contribution in [2.75, 3.05) is 6.61 Å². The summed E-state index contributed by atoms with van der Waals surface area (Å²) in [5.41, 5.74) is 0.0861. The van der Waals surface area contributed by atoms with Crippen LogP contribution in [0.3, 0.4) is 0 Å². The van der Waals surface area contributed by atoms with Gasteiger partial charge in [0.25, 0.3) is 0 Å². The number of nitro groups is 1. The predicted molar refractivity (Wildman–Crippen MR) is 61.1 cm³/mol. The largest absolute Gasteiger partial charge is 0.395 e. The van der Waals surface area contributed by atoms with Crippen molar-refractivity contribution in [2.24, 2.45) is 0 Å². The molecule has 0 saturated heterocycles. The average Bonchev–Trinajstić information content (AvgIpc) is 2.30. The van der Waals surface area contributed by atoms with Crippen molar-refractivity contribution >= 4 is 5.69 Å². The van der Waals surface area contributed by atoms with Gasteiger partial charge in [-0.25, -0.2) is 0 Å². The minimum absolute atomic E-state index is 0.00592. The van der Waals surface area contributed by atoms with E-state index < -0.39 is 16.4 Å². The molecule has 2 N–H and O–H groups in total. The zero-order valence-corrected chi connectivity index (χ0v) is 9.52. The molecular formula is C11H15FN2O3. The molecule has 0 bridgehead atoms. The lowest BCUT2D eigenvalue weighted by Crippen LogP contribution is -2.31. The van der Waals surface area contributed by atoms with Crippen molar-refractivity contribution in [2.45, 2.75) is 25.9 Å². The molecule has 0 aliphatic heterocycles. The Morgan fingerprint density at radius 3 is 2.76 bits per heavy atom. The van der Waals surface area contributed by atoms with Crippen LogP contribution in [-0.4, -0.2) is 22.7 Å². The van der Waals surface area contributed by atoms with E-state index in [0.717, 1.165) is 18.6 Å². The van der Waals surface area contributed by atoms with Crippen LogP contribution in [0.4, 0.5) is 10.1 Å². The summed E-state index contributed by atoms with van der Waals surface area (Å²) in [5.74, 6) is -0.841. The van der Waals surface area contributed by atoms with Gasteiger partial charge in [0.15, 0.2) is 0 Å². The molecule has 0 amide bonds. The SMILES string of the molecule is CCC(CO)NCc1ccc([N+](=O)[O-])c(F)c1. The van der Waals surface area contributed by atoms with E-state index in [9.17, 15) is 14.5 Å². The zero-order chi connectivity index (χ0) is 12.8. The van der Waals surface area contributed by atoms with Crippen LogP contribution < -0.4 is 5.32 Å². The maximum absolute atomic E-state index is 13.3. The number of benzene rings is 1. The third-order valence-electron chi connectivity index (χ3n) is 2.52. The molecule has 0 aliphatic rings. The number of aliphatic hydroxyl groups excluding tert-OH is 1. The van der Waals surface area contributed by atoms with Gasteiger partial charge < -0.3 is 10.4 Å². The summed E-state index contributed by atoms with van der Waals surface area (Å²) in [6.45, 7) is 2.30. The topological polar surface area (TPSA) is 75.4 Å². The average molecular weight is 242 g/mol. The molecule has 1 atom stereocenters. The lowest BCUT2D eigenvalue weighted by Gasteiger charge is -2.13. The van der Waals surface area contributed by atoms with Crippen LogP contribution in [0.15, 0.2) is 18.2 Å². The maximum Gasteiger partial charge on any atom is 0.304 e. The summed E-state index contributed by atoms with van der Waals surface area (Å²) in [6.07, 6.45) is 0.756. The van der Waals surface area contributed by atoms with Crippen molar-refractivity contribution in [3.8, 4) is 0 Å². The first-order chi connectivity index (χ1) is 8.08. The Bertz CT molecular complexity index is 394. The molecule has 0 radical (unpaired) electrons. The van der Waals surface area contributed by atoms with E-state index in [1.807, 2.05) is 6.92 Å². The van der Waals surface area contributed by atoms with Crippen LogP contribution in [0, 0.1) is 15.9 Å². The van der Waals surface area contributed by atoms with Crippen LogP contribution in [-0.2, 0) is 6.54 Å². The van der Waals surface area contributed by atoms with E-state index in [1.165, 1.54) is 6.07 Å². The van der Waals surface area contributed by atoms with Gasteiger partial charge in [0.2, 0.25) is 5.82 Å². The van der Waals surface area contributed by atoms with Gasteiger partial charge in [-0.15, -0.1) is 0 Å². The Kier molecular flexibility index (Phi) is 4.99. The van der Waals surface area contributed by atoms with Gasteiger partial charge in [-0.05, 0) is 18.1 Å². The van der Waals surface area contributed by atoms with E-state index in [0.29, 0.717) is 12.1 Å². The van der Waals surface area contributed by atoms with Crippen molar-refractivity contribution in [1.82, 2.24) is 5.32 Å². The van der Waals surface area contributed by atoms with Crippen LogP contribution >= 0.6 is 0 Å². The lowest BCUT2D eigenvalue weighted by molar-refractivity contribution is -0.387. The zero-order valence-electron chi connectivity index (χ0n) is 9.52. The Morgan fingerprint density at radius 2 is 2.29 bits per heavy atom. The predicted octanol–water partition coefficient (Wildman–Crippen LogP) is 1.59. The number of halogens is 1. The smallest absolute Gasteiger partial charge is 0.304 e. The van der Waals surface area contributed by atoms with Gasteiger partial charge in [-0.3, -0.25) is 10.1 Å². The first-order valence-electron chi connectivity index (χ1n) is 5.35. The van der Waals surface area contributed by atoms with Gasteiger partial charge in [-0.1, -0.05) is 13.0 Å². The molecule has 0 aliphatic carbocycles. The summed E-state index contributed by atoms with van der Waals surface area (Å²) in [5, 5.41) is 22.4. The molecule has 1 unspecified atom stereocenters. The summed E-state index contributed by atoms with van der Waals surface area (Å²) in [4.78, 5) is 9.65. The molecule has 1 rings (SSSR count). The van der Waals surface area contributed by atoms with Gasteiger partial charge in [-0.2, -0.15) is 4.39 Å². The van der Waals surface area contributed by atoms with Crippen molar-refractivity contribution in [3.63, 3.8) is 0 Å². The highest BCUT2D eigenvalue weighted by Gasteiger charge is 2.13. The Labute approximate surface area is 98.4 Å². The molecule has 5 nitrogen and oxygen atoms in total. The Morgan fingerprint density at radius 1 is 1.59 bits per heavy atom. The molecule has 94 valence electrons. The van der Waals surface area contributed by atoms with Crippen molar-refractivity contribution < 1.29 is 14.4 Å². The van der Waals surface area contributed by atoms with E-state index >= 15 is 0 Å². The minimum Gasteiger partial charge on any atom is -0.395 e. The fraction of sp³-hybridized carbons (Fsp3) is 0.455. The molecule has 0 saturated carbocycles. The molecule has 17 heavy (non-hydrogen) atoms. The van der Waals surface area contributed by atoms with E-state index in [1.54, 1.807) is 0 Å². The molecule has 6 heteroatoms. The van der Waals surface area contributed by atoms with E-state index in [4.69, 9.17) is 5.11 Å². The fourth-order valence-corrected chi connectivity index (χ4v) is 1.41. The first kappa shape index (κ1) is 13.5. The second-order valence-electron chi connectivity index (χ2n) is 3.71. The molecule has 0 aromatic heterocycles. The van der Waals surface area contributed by atoms with Gasteiger partial charge in [0.05, 0.1) is 11.5 Å². The minimum atomic E-state index is -0.841. The van der Waals surface area contributed by atoms with Crippen molar-refractivity contribution in [1.29, 1.82) is 0 Å². The summed E-state index contributed by atoms with van der Waals surface area (Å²) in [6, 6.07) is 3.73. The monoisotopic (exact) mass is 242 g/mol. The highest BCUT2D eigenvalue weighted by atomic mass is 19.1. The van der Waals surface area contributed by atoms with E-state index in [2.05, 4.69) is 5.32 Å². The number of nitrogens with one attached hydrogen (secondary N) is 1. The standard InChI is InChI=1S/C11H15FN2O3/c1-2-9(7-15)13-6-8-3-4-11(14(16)17)10(12)5-8/h3-5,9,13,15H,2,6-7H2,1H3. The number of hydrogen-bond donors (Lipinski definition) is 2. The van der Waals surface area contributed by atoms with Crippen LogP contribution in [0.2, 0.25) is 0 Å². The van der Waals surface area contributed by atoms with Crippen molar-refractivity contribution in [3.05, 3.63) is 39.7 Å². The second kappa shape index (κ2) is 6.27. The quantitative estimate of drug-likeness (QED) is 0.586. The van der Waals surface area contributed by atoms with Crippen LogP contribution in [0.1, 0.15) is 18.9 Å². The molecule has 0 spiro atoms.